The van der Waals surface area contributed by atoms with Gasteiger partial charge in [0.2, 0.25) is 0 Å². The molecule has 2 saturated heterocycles. The highest BCUT2D eigenvalue weighted by Crippen LogP contribution is 2.22. The summed E-state index contributed by atoms with van der Waals surface area (Å²) in [4.78, 5) is 24.2. The normalized spacial score (nSPS) is 21.0. The Morgan fingerprint density at radius 3 is 2.64 bits per heavy atom. The van der Waals surface area contributed by atoms with Gasteiger partial charge in [0.1, 0.15) is 11.5 Å². The van der Waals surface area contributed by atoms with Gasteiger partial charge in [-0.3, -0.25) is 14.7 Å². The van der Waals surface area contributed by atoms with Crippen LogP contribution in [0, 0.1) is 5.92 Å². The zero-order chi connectivity index (χ0) is 15.4. The number of nitrogens with zero attached hydrogens (tertiary/aromatic N) is 4. The third kappa shape index (κ3) is 3.72. The summed E-state index contributed by atoms with van der Waals surface area (Å²) < 4.78 is 5.39. The van der Waals surface area contributed by atoms with E-state index in [1.807, 2.05) is 0 Å². The molecule has 1 aromatic heterocycles. The van der Waals surface area contributed by atoms with Crippen LogP contribution in [0.15, 0.2) is 12.4 Å². The van der Waals surface area contributed by atoms with Crippen LogP contribution in [0.2, 0.25) is 0 Å². The number of nitrogens with two attached hydrogens (primary N) is 1. The van der Waals surface area contributed by atoms with Crippen LogP contribution in [-0.4, -0.2) is 66.7 Å². The number of rotatable bonds is 4. The molecule has 0 bridgehead atoms. The van der Waals surface area contributed by atoms with Gasteiger partial charge in [0.05, 0.1) is 25.6 Å². The first kappa shape index (κ1) is 15.2. The van der Waals surface area contributed by atoms with Crippen molar-refractivity contribution in [1.82, 2.24) is 14.9 Å². The summed E-state index contributed by atoms with van der Waals surface area (Å²) in [5.41, 5.74) is 5.49. The van der Waals surface area contributed by atoms with Gasteiger partial charge in [-0.25, -0.2) is 4.98 Å². The molecule has 7 heteroatoms. The van der Waals surface area contributed by atoms with E-state index in [1.54, 1.807) is 6.20 Å². The SMILES string of the molecule is NC(=O)c1cncc(N2CCC(CN3CCOCC3)CC2)n1. The predicted octanol–water partition coefficient (Wildman–Crippen LogP) is 0.124. The van der Waals surface area contributed by atoms with E-state index < -0.39 is 5.91 Å². The topological polar surface area (TPSA) is 84.6 Å². The molecule has 3 rings (SSSR count). The molecule has 1 amide bonds. The largest absolute Gasteiger partial charge is 0.379 e. The second-order valence-electron chi connectivity index (χ2n) is 5.97. The maximum Gasteiger partial charge on any atom is 0.268 e. The molecule has 0 radical (unpaired) electrons. The average molecular weight is 305 g/mol. The molecule has 7 nitrogen and oxygen atoms in total. The number of hydrogen-bond acceptors (Lipinski definition) is 6. The van der Waals surface area contributed by atoms with E-state index in [4.69, 9.17) is 10.5 Å². The maximum atomic E-state index is 11.2. The number of primary amides is 1. The summed E-state index contributed by atoms with van der Waals surface area (Å²) in [5.74, 6) is 0.944. The summed E-state index contributed by atoms with van der Waals surface area (Å²) in [6.07, 6.45) is 5.39. The average Bonchev–Trinajstić information content (AvgIpc) is 2.56. The van der Waals surface area contributed by atoms with Crippen molar-refractivity contribution in [3.05, 3.63) is 18.1 Å². The number of aromatic nitrogens is 2. The van der Waals surface area contributed by atoms with Crippen LogP contribution < -0.4 is 10.6 Å². The highest BCUT2D eigenvalue weighted by Gasteiger charge is 2.23. The van der Waals surface area contributed by atoms with Crippen LogP contribution >= 0.6 is 0 Å². The molecular formula is C15H23N5O2. The lowest BCUT2D eigenvalue weighted by molar-refractivity contribution is 0.0289. The fourth-order valence-electron chi connectivity index (χ4n) is 3.12. The van der Waals surface area contributed by atoms with Crippen molar-refractivity contribution in [2.45, 2.75) is 12.8 Å². The number of piperidine rings is 1. The van der Waals surface area contributed by atoms with Gasteiger partial charge in [0, 0.05) is 32.7 Å². The second kappa shape index (κ2) is 7.02. The molecule has 3 heterocycles. The molecule has 2 N–H and O–H groups in total. The van der Waals surface area contributed by atoms with Gasteiger partial charge in [-0.15, -0.1) is 0 Å². The first-order chi connectivity index (χ1) is 10.7. The second-order valence-corrected chi connectivity index (χ2v) is 5.97. The highest BCUT2D eigenvalue weighted by molar-refractivity contribution is 5.90. The highest BCUT2D eigenvalue weighted by atomic mass is 16.5. The fraction of sp³-hybridized carbons (Fsp3) is 0.667. The number of carbonyl (C=O) groups is 1. The summed E-state index contributed by atoms with van der Waals surface area (Å²) >= 11 is 0. The third-order valence-electron chi connectivity index (χ3n) is 4.43. The Kier molecular flexibility index (Phi) is 4.84. The van der Waals surface area contributed by atoms with Gasteiger partial charge in [0.25, 0.3) is 5.91 Å². The summed E-state index contributed by atoms with van der Waals surface area (Å²) in [6.45, 7) is 6.86. The van der Waals surface area contributed by atoms with Crippen molar-refractivity contribution in [2.24, 2.45) is 11.7 Å². The number of morpholine rings is 1. The zero-order valence-electron chi connectivity index (χ0n) is 12.8. The first-order valence-electron chi connectivity index (χ1n) is 7.89. The Labute approximate surface area is 130 Å². The summed E-state index contributed by atoms with van der Waals surface area (Å²) in [5, 5.41) is 0. The lowest BCUT2D eigenvalue weighted by Gasteiger charge is -2.36. The van der Waals surface area contributed by atoms with Crippen molar-refractivity contribution < 1.29 is 9.53 Å². The minimum atomic E-state index is -0.531. The van der Waals surface area contributed by atoms with E-state index >= 15 is 0 Å². The molecule has 22 heavy (non-hydrogen) atoms. The van der Waals surface area contributed by atoms with Gasteiger partial charge >= 0.3 is 0 Å². The minimum Gasteiger partial charge on any atom is -0.379 e. The monoisotopic (exact) mass is 305 g/mol. The van der Waals surface area contributed by atoms with Crippen molar-refractivity contribution >= 4 is 11.7 Å². The molecular weight excluding hydrogens is 282 g/mol. The predicted molar refractivity (Wildman–Crippen MR) is 82.7 cm³/mol. The lowest BCUT2D eigenvalue weighted by Crippen LogP contribution is -2.43. The third-order valence-corrected chi connectivity index (χ3v) is 4.43. The Hall–Kier alpha value is -1.73. The van der Waals surface area contributed by atoms with E-state index in [2.05, 4.69) is 19.8 Å². The van der Waals surface area contributed by atoms with Crippen LogP contribution in [0.4, 0.5) is 5.82 Å². The fourth-order valence-corrected chi connectivity index (χ4v) is 3.12. The standard InChI is InChI=1S/C15H23N5O2/c16-15(21)13-9-17-10-14(18-13)20-3-1-12(2-4-20)11-19-5-7-22-8-6-19/h9-10,12H,1-8,11H2,(H2,16,21). The Morgan fingerprint density at radius 2 is 1.95 bits per heavy atom. The van der Waals surface area contributed by atoms with Crippen molar-refractivity contribution in [2.75, 3.05) is 50.8 Å². The Balaban J connectivity index is 1.52. The van der Waals surface area contributed by atoms with E-state index in [-0.39, 0.29) is 5.69 Å². The number of hydrogen-bond donors (Lipinski definition) is 1. The van der Waals surface area contributed by atoms with Gasteiger partial charge in [-0.05, 0) is 18.8 Å². The quantitative estimate of drug-likeness (QED) is 0.851. The summed E-state index contributed by atoms with van der Waals surface area (Å²) in [6, 6.07) is 0. The number of anilines is 1. The number of ether oxygens (including phenoxy) is 1. The summed E-state index contributed by atoms with van der Waals surface area (Å²) in [7, 11) is 0. The van der Waals surface area contributed by atoms with Gasteiger partial charge < -0.3 is 15.4 Å². The van der Waals surface area contributed by atoms with E-state index in [0.29, 0.717) is 0 Å². The van der Waals surface area contributed by atoms with Crippen molar-refractivity contribution in [3.63, 3.8) is 0 Å². The van der Waals surface area contributed by atoms with Gasteiger partial charge in [-0.2, -0.15) is 0 Å². The molecule has 0 atom stereocenters. The van der Waals surface area contributed by atoms with Crippen molar-refractivity contribution in [1.29, 1.82) is 0 Å². The molecule has 0 aliphatic carbocycles. The van der Waals surface area contributed by atoms with Crippen molar-refractivity contribution in [3.8, 4) is 0 Å². The lowest BCUT2D eigenvalue weighted by atomic mass is 9.96. The van der Waals surface area contributed by atoms with Crippen LogP contribution in [-0.2, 0) is 4.74 Å². The Morgan fingerprint density at radius 1 is 1.23 bits per heavy atom. The molecule has 1 aromatic rings. The molecule has 0 saturated carbocycles. The van der Waals surface area contributed by atoms with Crippen LogP contribution in [0.25, 0.3) is 0 Å². The minimum absolute atomic E-state index is 0.230. The molecule has 120 valence electrons. The molecule has 2 aliphatic rings. The van der Waals surface area contributed by atoms with Crippen LogP contribution in [0.5, 0.6) is 0 Å². The number of amides is 1. The first-order valence-corrected chi connectivity index (χ1v) is 7.89. The zero-order valence-corrected chi connectivity index (χ0v) is 12.8. The molecule has 2 fully saturated rings. The molecule has 0 aromatic carbocycles. The van der Waals surface area contributed by atoms with Gasteiger partial charge in [-0.1, -0.05) is 0 Å². The van der Waals surface area contributed by atoms with E-state index in [0.717, 1.165) is 70.5 Å². The molecule has 0 unspecified atom stereocenters. The molecule has 2 aliphatic heterocycles. The Bertz CT molecular complexity index is 510. The van der Waals surface area contributed by atoms with Gasteiger partial charge in [0.15, 0.2) is 0 Å². The molecule has 0 spiro atoms. The smallest absolute Gasteiger partial charge is 0.268 e. The van der Waals surface area contributed by atoms with Crippen LogP contribution in [0.3, 0.4) is 0 Å². The number of carbonyl (C=O) groups excluding carboxylic acids is 1. The maximum absolute atomic E-state index is 11.2. The van der Waals surface area contributed by atoms with E-state index in [9.17, 15) is 4.79 Å². The van der Waals surface area contributed by atoms with E-state index in [1.165, 1.54) is 6.20 Å². The van der Waals surface area contributed by atoms with Crippen LogP contribution in [0.1, 0.15) is 23.3 Å².